The van der Waals surface area contributed by atoms with E-state index in [9.17, 15) is 0 Å². The van der Waals surface area contributed by atoms with Gasteiger partial charge < -0.3 is 9.47 Å². The van der Waals surface area contributed by atoms with Gasteiger partial charge in [-0.25, -0.2) is 19.6 Å². The van der Waals surface area contributed by atoms with Crippen molar-refractivity contribution in [3.05, 3.63) is 29.3 Å². The van der Waals surface area contributed by atoms with Crippen LogP contribution in [0.25, 0.3) is 0 Å². The third kappa shape index (κ3) is 6.83. The van der Waals surface area contributed by atoms with E-state index in [0.29, 0.717) is 33.0 Å². The highest BCUT2D eigenvalue weighted by atomic mass is 17.2. The highest BCUT2D eigenvalue weighted by molar-refractivity contribution is 5.34. The predicted molar refractivity (Wildman–Crippen MR) is 72.0 cm³/mol. The maximum atomic E-state index is 5.63. The van der Waals surface area contributed by atoms with E-state index in [1.54, 1.807) is 0 Å². The van der Waals surface area contributed by atoms with Crippen LogP contribution in [-0.2, 0) is 37.5 Å². The summed E-state index contributed by atoms with van der Waals surface area (Å²) in [5.74, 6) is 0.733. The SMILES string of the molecule is CCOCCOc1cc(COOC)cc(COOC)c1. The van der Waals surface area contributed by atoms with Gasteiger partial charge in [-0.3, -0.25) is 0 Å². The predicted octanol–water partition coefficient (Wildman–Crippen LogP) is 2.26. The molecular formula is C14H22O6. The van der Waals surface area contributed by atoms with Crippen LogP contribution in [-0.4, -0.2) is 34.0 Å². The molecule has 20 heavy (non-hydrogen) atoms. The average Bonchev–Trinajstić information content (AvgIpc) is 2.47. The summed E-state index contributed by atoms with van der Waals surface area (Å²) in [6, 6.07) is 5.72. The summed E-state index contributed by atoms with van der Waals surface area (Å²) in [4.78, 5) is 19.1. The highest BCUT2D eigenvalue weighted by Crippen LogP contribution is 2.19. The topological polar surface area (TPSA) is 55.4 Å². The van der Waals surface area contributed by atoms with Gasteiger partial charge in [-0.2, -0.15) is 0 Å². The number of rotatable bonds is 11. The Bertz CT molecular complexity index is 342. The molecular weight excluding hydrogens is 264 g/mol. The fourth-order valence-corrected chi connectivity index (χ4v) is 1.60. The summed E-state index contributed by atoms with van der Waals surface area (Å²) in [6.45, 7) is 4.34. The number of hydrogen-bond acceptors (Lipinski definition) is 6. The van der Waals surface area contributed by atoms with Crippen molar-refractivity contribution < 1.29 is 29.0 Å². The Labute approximate surface area is 119 Å². The van der Waals surface area contributed by atoms with Crippen molar-refractivity contribution in [2.45, 2.75) is 20.1 Å². The lowest BCUT2D eigenvalue weighted by Gasteiger charge is -2.11. The second-order valence-electron chi connectivity index (χ2n) is 3.89. The molecule has 0 aliphatic carbocycles. The summed E-state index contributed by atoms with van der Waals surface area (Å²) in [7, 11) is 2.94. The van der Waals surface area contributed by atoms with Crippen LogP contribution in [0.5, 0.6) is 5.75 Å². The molecule has 1 rings (SSSR count). The Morgan fingerprint density at radius 2 is 1.45 bits per heavy atom. The molecule has 0 saturated heterocycles. The lowest BCUT2D eigenvalue weighted by molar-refractivity contribution is -0.283. The van der Waals surface area contributed by atoms with Gasteiger partial charge >= 0.3 is 0 Å². The third-order valence-electron chi connectivity index (χ3n) is 2.41. The molecule has 1 aromatic rings. The lowest BCUT2D eigenvalue weighted by Crippen LogP contribution is -2.07. The van der Waals surface area contributed by atoms with Crippen LogP contribution in [0.15, 0.2) is 18.2 Å². The van der Waals surface area contributed by atoms with E-state index in [-0.39, 0.29) is 0 Å². The summed E-state index contributed by atoms with van der Waals surface area (Å²) >= 11 is 0. The summed E-state index contributed by atoms with van der Waals surface area (Å²) < 4.78 is 10.9. The van der Waals surface area contributed by atoms with E-state index in [4.69, 9.17) is 19.2 Å². The van der Waals surface area contributed by atoms with Gasteiger partial charge in [-0.15, -0.1) is 0 Å². The smallest absolute Gasteiger partial charge is 0.120 e. The van der Waals surface area contributed by atoms with Crippen molar-refractivity contribution in [2.24, 2.45) is 0 Å². The molecule has 0 atom stereocenters. The number of ether oxygens (including phenoxy) is 2. The first-order valence-corrected chi connectivity index (χ1v) is 6.44. The maximum Gasteiger partial charge on any atom is 0.120 e. The Morgan fingerprint density at radius 1 is 0.850 bits per heavy atom. The molecule has 0 amide bonds. The second kappa shape index (κ2) is 10.6. The van der Waals surface area contributed by atoms with Gasteiger partial charge in [0.25, 0.3) is 0 Å². The quantitative estimate of drug-likeness (QED) is 0.353. The van der Waals surface area contributed by atoms with Crippen molar-refractivity contribution in [1.82, 2.24) is 0 Å². The van der Waals surface area contributed by atoms with Crippen LogP contribution in [0.3, 0.4) is 0 Å². The number of hydrogen-bond donors (Lipinski definition) is 0. The largest absolute Gasteiger partial charge is 0.491 e. The van der Waals surface area contributed by atoms with Crippen molar-refractivity contribution in [3.63, 3.8) is 0 Å². The van der Waals surface area contributed by atoms with E-state index in [0.717, 1.165) is 16.9 Å². The lowest BCUT2D eigenvalue weighted by atomic mass is 10.1. The molecule has 114 valence electrons. The minimum Gasteiger partial charge on any atom is -0.491 e. The van der Waals surface area contributed by atoms with Crippen molar-refractivity contribution in [2.75, 3.05) is 34.0 Å². The summed E-state index contributed by atoms with van der Waals surface area (Å²) in [5.41, 5.74) is 1.85. The van der Waals surface area contributed by atoms with Crippen LogP contribution in [0.4, 0.5) is 0 Å². The van der Waals surface area contributed by atoms with Crippen LogP contribution in [0.1, 0.15) is 18.1 Å². The van der Waals surface area contributed by atoms with Crippen LogP contribution < -0.4 is 4.74 Å². The highest BCUT2D eigenvalue weighted by Gasteiger charge is 2.04. The Morgan fingerprint density at radius 3 is 1.95 bits per heavy atom. The van der Waals surface area contributed by atoms with Gasteiger partial charge in [0.05, 0.1) is 20.8 Å². The first-order valence-electron chi connectivity index (χ1n) is 6.44. The van der Waals surface area contributed by atoms with Crippen LogP contribution >= 0.6 is 0 Å². The van der Waals surface area contributed by atoms with Crippen molar-refractivity contribution >= 4 is 0 Å². The van der Waals surface area contributed by atoms with E-state index >= 15 is 0 Å². The molecule has 0 N–H and O–H groups in total. The summed E-state index contributed by atoms with van der Waals surface area (Å²) in [6.07, 6.45) is 0. The molecule has 0 aromatic heterocycles. The van der Waals surface area contributed by atoms with Gasteiger partial charge in [0.1, 0.15) is 25.6 Å². The van der Waals surface area contributed by atoms with Gasteiger partial charge in [0.15, 0.2) is 0 Å². The average molecular weight is 286 g/mol. The zero-order valence-corrected chi connectivity index (χ0v) is 12.2. The molecule has 0 heterocycles. The van der Waals surface area contributed by atoms with Gasteiger partial charge in [0, 0.05) is 6.61 Å². The molecule has 0 spiro atoms. The maximum absolute atomic E-state index is 5.63. The molecule has 1 aromatic carbocycles. The number of benzene rings is 1. The Balaban J connectivity index is 2.64. The molecule has 0 aliphatic rings. The van der Waals surface area contributed by atoms with Gasteiger partial charge in [-0.1, -0.05) is 6.07 Å². The molecule has 0 aliphatic heterocycles. The molecule has 0 fully saturated rings. The fourth-order valence-electron chi connectivity index (χ4n) is 1.60. The standard InChI is InChI=1S/C14H22O6/c1-4-17-5-6-18-14-8-12(10-19-15-2)7-13(9-14)11-20-16-3/h7-9H,4-6,10-11H2,1-3H3. The minimum absolute atomic E-state index is 0.332. The first-order chi connectivity index (χ1) is 9.80. The molecule has 0 saturated carbocycles. The Kier molecular flexibility index (Phi) is 8.93. The zero-order valence-electron chi connectivity index (χ0n) is 12.2. The van der Waals surface area contributed by atoms with Gasteiger partial charge in [-0.05, 0) is 30.2 Å². The molecule has 0 unspecified atom stereocenters. The fraction of sp³-hybridized carbons (Fsp3) is 0.571. The first kappa shape index (κ1) is 16.9. The second-order valence-corrected chi connectivity index (χ2v) is 3.89. The van der Waals surface area contributed by atoms with Gasteiger partial charge in [0.2, 0.25) is 0 Å². The van der Waals surface area contributed by atoms with Crippen LogP contribution in [0.2, 0.25) is 0 Å². The van der Waals surface area contributed by atoms with E-state index in [1.165, 1.54) is 14.2 Å². The molecule has 6 heteroatoms. The van der Waals surface area contributed by atoms with E-state index in [1.807, 2.05) is 25.1 Å². The Hall–Kier alpha value is -1.18. The van der Waals surface area contributed by atoms with Crippen molar-refractivity contribution in [1.29, 1.82) is 0 Å². The van der Waals surface area contributed by atoms with Crippen molar-refractivity contribution in [3.8, 4) is 5.75 Å². The van der Waals surface area contributed by atoms with E-state index < -0.39 is 0 Å². The monoisotopic (exact) mass is 286 g/mol. The van der Waals surface area contributed by atoms with E-state index in [2.05, 4.69) is 9.78 Å². The molecule has 0 bridgehead atoms. The minimum atomic E-state index is 0.332. The third-order valence-corrected chi connectivity index (χ3v) is 2.41. The summed E-state index contributed by atoms with van der Waals surface area (Å²) in [5, 5.41) is 0. The zero-order chi connectivity index (χ0) is 14.6. The normalized spacial score (nSPS) is 10.8. The van der Waals surface area contributed by atoms with Crippen LogP contribution in [0, 0.1) is 0 Å². The molecule has 0 radical (unpaired) electrons. The molecule has 6 nitrogen and oxygen atoms in total.